The topological polar surface area (TPSA) is 29.5 Å². The fraction of sp³-hybridized carbons (Fsp3) is 0.350. The summed E-state index contributed by atoms with van der Waals surface area (Å²) in [6.07, 6.45) is 10.7. The average molecular weight is 388 g/mol. The smallest absolute Gasteiger partial charge is 0.411 e. The fourth-order valence-electron chi connectivity index (χ4n) is 3.37. The monoisotopic (exact) mass is 387 g/mol. The molecule has 1 unspecified atom stereocenters. The quantitative estimate of drug-likeness (QED) is 0.619. The number of allylic oxidation sites excluding steroid dienone is 2. The molecule has 0 bridgehead atoms. The Labute approximate surface area is 151 Å². The summed E-state index contributed by atoms with van der Waals surface area (Å²) >= 11 is 3.45. The molecule has 0 spiro atoms. The highest BCUT2D eigenvalue weighted by atomic mass is 79.9. The van der Waals surface area contributed by atoms with Crippen molar-refractivity contribution in [2.45, 2.75) is 37.8 Å². The highest BCUT2D eigenvalue weighted by Crippen LogP contribution is 2.39. The molecular formula is C20H22BrNO2. The lowest BCUT2D eigenvalue weighted by Gasteiger charge is -2.29. The van der Waals surface area contributed by atoms with Crippen molar-refractivity contribution >= 4 is 22.0 Å². The molecule has 3 rings (SSSR count). The number of carbonyl (C=O) groups excluding carboxylic acids is 1. The number of rotatable bonds is 5. The van der Waals surface area contributed by atoms with E-state index >= 15 is 0 Å². The second kappa shape index (κ2) is 6.98. The van der Waals surface area contributed by atoms with Crippen LogP contribution >= 0.6 is 15.9 Å². The van der Waals surface area contributed by atoms with E-state index in [9.17, 15) is 4.79 Å². The standard InChI is InChI=1S/C20H22BrNO2/c1-3-13-20(17-7-5-4-6-8-17)14-22(19(23)24-20)15(2)16-9-11-18(21)12-10-16/h3,5,7-12,15H,1,4,6,13-14H2,2H3/t15-,20?/m0/s1. The van der Waals surface area contributed by atoms with Crippen LogP contribution in [0.15, 0.2) is 65.2 Å². The van der Waals surface area contributed by atoms with E-state index in [2.05, 4.69) is 40.7 Å². The normalized spacial score (nSPS) is 24.5. The SMILES string of the molecule is C=CCC1(C2=CCCC=C2)CN([C@@H](C)c2ccc(Br)cc2)C(=O)O1. The van der Waals surface area contributed by atoms with Gasteiger partial charge >= 0.3 is 6.09 Å². The minimum Gasteiger partial charge on any atom is -0.436 e. The Morgan fingerprint density at radius 1 is 1.38 bits per heavy atom. The first-order chi connectivity index (χ1) is 11.6. The number of carbonyl (C=O) groups is 1. The van der Waals surface area contributed by atoms with Gasteiger partial charge in [0.15, 0.2) is 5.60 Å². The minimum absolute atomic E-state index is 0.0366. The number of halogens is 1. The highest BCUT2D eigenvalue weighted by Gasteiger charge is 2.48. The van der Waals surface area contributed by atoms with Gasteiger partial charge in [0.1, 0.15) is 0 Å². The molecule has 2 aliphatic rings. The zero-order chi connectivity index (χ0) is 17.2. The highest BCUT2D eigenvalue weighted by molar-refractivity contribution is 9.10. The van der Waals surface area contributed by atoms with E-state index < -0.39 is 5.60 Å². The van der Waals surface area contributed by atoms with Crippen molar-refractivity contribution in [3.05, 3.63) is 70.8 Å². The third kappa shape index (κ3) is 3.20. The summed E-state index contributed by atoms with van der Waals surface area (Å²) in [6.45, 7) is 6.45. The molecule has 1 fully saturated rings. The first kappa shape index (κ1) is 17.0. The number of benzene rings is 1. The Bertz CT molecular complexity index is 692. The molecule has 1 heterocycles. The van der Waals surface area contributed by atoms with Crippen molar-refractivity contribution < 1.29 is 9.53 Å². The largest absolute Gasteiger partial charge is 0.436 e. The maximum absolute atomic E-state index is 12.6. The summed E-state index contributed by atoms with van der Waals surface area (Å²) in [6, 6.07) is 8.03. The third-order valence-corrected chi connectivity index (χ3v) is 5.29. The van der Waals surface area contributed by atoms with Gasteiger partial charge in [-0.3, -0.25) is 4.90 Å². The van der Waals surface area contributed by atoms with Crippen LogP contribution in [0, 0.1) is 0 Å². The van der Waals surface area contributed by atoms with Crippen molar-refractivity contribution in [1.82, 2.24) is 4.90 Å². The number of ether oxygens (including phenoxy) is 1. The van der Waals surface area contributed by atoms with Crippen LogP contribution in [-0.4, -0.2) is 23.1 Å². The summed E-state index contributed by atoms with van der Waals surface area (Å²) < 4.78 is 6.92. The van der Waals surface area contributed by atoms with E-state index in [1.807, 2.05) is 42.2 Å². The lowest BCUT2D eigenvalue weighted by Crippen LogP contribution is -2.37. The molecule has 1 aliphatic heterocycles. The maximum atomic E-state index is 12.6. The van der Waals surface area contributed by atoms with Gasteiger partial charge in [-0.15, -0.1) is 6.58 Å². The van der Waals surface area contributed by atoms with Crippen LogP contribution in [0.2, 0.25) is 0 Å². The summed E-state index contributed by atoms with van der Waals surface area (Å²) in [7, 11) is 0. The van der Waals surface area contributed by atoms with Crippen LogP contribution in [0.25, 0.3) is 0 Å². The van der Waals surface area contributed by atoms with Crippen molar-refractivity contribution in [2.24, 2.45) is 0 Å². The fourth-order valence-corrected chi connectivity index (χ4v) is 3.64. The number of hydrogen-bond acceptors (Lipinski definition) is 2. The molecule has 0 aromatic heterocycles. The molecule has 1 aliphatic carbocycles. The van der Waals surface area contributed by atoms with E-state index in [1.54, 1.807) is 0 Å². The molecule has 2 atom stereocenters. The number of hydrogen-bond donors (Lipinski definition) is 0. The summed E-state index contributed by atoms with van der Waals surface area (Å²) in [5, 5.41) is 0. The summed E-state index contributed by atoms with van der Waals surface area (Å²) in [5.74, 6) is 0. The van der Waals surface area contributed by atoms with Crippen molar-refractivity contribution in [1.29, 1.82) is 0 Å². The number of nitrogens with zero attached hydrogens (tertiary/aromatic N) is 1. The van der Waals surface area contributed by atoms with Gasteiger partial charge in [-0.1, -0.05) is 52.4 Å². The Kier molecular flexibility index (Phi) is 4.95. The predicted molar refractivity (Wildman–Crippen MR) is 99.7 cm³/mol. The summed E-state index contributed by atoms with van der Waals surface area (Å²) in [5.41, 5.74) is 1.57. The maximum Gasteiger partial charge on any atom is 0.411 e. The zero-order valence-corrected chi connectivity index (χ0v) is 15.5. The average Bonchev–Trinajstić information content (AvgIpc) is 2.94. The van der Waals surface area contributed by atoms with Crippen LogP contribution in [0.3, 0.4) is 0 Å². The van der Waals surface area contributed by atoms with E-state index in [0.29, 0.717) is 13.0 Å². The van der Waals surface area contributed by atoms with Gasteiger partial charge in [-0.25, -0.2) is 4.79 Å². The summed E-state index contributed by atoms with van der Waals surface area (Å²) in [4.78, 5) is 14.4. The van der Waals surface area contributed by atoms with Gasteiger partial charge < -0.3 is 4.74 Å². The van der Waals surface area contributed by atoms with Gasteiger partial charge in [0.2, 0.25) is 0 Å². The predicted octanol–water partition coefficient (Wildman–Crippen LogP) is 5.55. The first-order valence-electron chi connectivity index (χ1n) is 8.29. The molecule has 0 radical (unpaired) electrons. The van der Waals surface area contributed by atoms with Crippen LogP contribution < -0.4 is 0 Å². The zero-order valence-electron chi connectivity index (χ0n) is 13.9. The molecular weight excluding hydrogens is 366 g/mol. The Morgan fingerprint density at radius 3 is 2.75 bits per heavy atom. The van der Waals surface area contributed by atoms with Crippen molar-refractivity contribution in [2.75, 3.05) is 6.54 Å². The molecule has 1 amide bonds. The Morgan fingerprint density at radius 2 is 2.12 bits per heavy atom. The molecule has 1 saturated heterocycles. The number of cyclic esters (lactones) is 1. The van der Waals surface area contributed by atoms with E-state index in [4.69, 9.17) is 4.74 Å². The van der Waals surface area contributed by atoms with Gasteiger partial charge in [0, 0.05) is 10.9 Å². The van der Waals surface area contributed by atoms with Gasteiger partial charge in [0.05, 0.1) is 12.6 Å². The molecule has 3 nitrogen and oxygen atoms in total. The third-order valence-electron chi connectivity index (χ3n) is 4.76. The lowest BCUT2D eigenvalue weighted by molar-refractivity contribution is 0.0878. The van der Waals surface area contributed by atoms with Crippen LogP contribution in [0.4, 0.5) is 4.79 Å². The van der Waals surface area contributed by atoms with Crippen LogP contribution in [-0.2, 0) is 4.74 Å². The molecule has 0 saturated carbocycles. The van der Waals surface area contributed by atoms with E-state index in [0.717, 1.165) is 28.5 Å². The van der Waals surface area contributed by atoms with Crippen LogP contribution in [0.5, 0.6) is 0 Å². The molecule has 4 heteroatoms. The molecule has 126 valence electrons. The second-order valence-corrected chi connectivity index (χ2v) is 7.27. The van der Waals surface area contributed by atoms with E-state index in [1.165, 1.54) is 0 Å². The molecule has 1 aromatic rings. The van der Waals surface area contributed by atoms with Gasteiger partial charge in [-0.05, 0) is 43.0 Å². The molecule has 0 N–H and O–H groups in total. The molecule has 1 aromatic carbocycles. The Balaban J connectivity index is 1.87. The van der Waals surface area contributed by atoms with E-state index in [-0.39, 0.29) is 12.1 Å². The lowest BCUT2D eigenvalue weighted by atomic mass is 9.86. The Hall–Kier alpha value is -1.81. The van der Waals surface area contributed by atoms with Crippen molar-refractivity contribution in [3.63, 3.8) is 0 Å². The minimum atomic E-state index is -0.612. The number of amides is 1. The first-order valence-corrected chi connectivity index (χ1v) is 9.08. The second-order valence-electron chi connectivity index (χ2n) is 6.35. The molecule has 24 heavy (non-hydrogen) atoms. The van der Waals surface area contributed by atoms with Crippen molar-refractivity contribution in [3.8, 4) is 0 Å². The van der Waals surface area contributed by atoms with Gasteiger partial charge in [0.25, 0.3) is 0 Å². The van der Waals surface area contributed by atoms with Crippen LogP contribution in [0.1, 0.15) is 37.8 Å². The van der Waals surface area contributed by atoms with Gasteiger partial charge in [-0.2, -0.15) is 0 Å².